The molecule has 2 aromatic rings. The molecule has 2 aliphatic rings. The van der Waals surface area contributed by atoms with Crippen LogP contribution >= 0.6 is 0 Å². The molecule has 34 heavy (non-hydrogen) atoms. The zero-order valence-electron chi connectivity index (χ0n) is 20.4. The van der Waals surface area contributed by atoms with Gasteiger partial charge in [0.1, 0.15) is 5.75 Å². The van der Waals surface area contributed by atoms with Crippen LogP contribution in [0.4, 0.5) is 0 Å². The smallest absolute Gasteiger partial charge is 0.336 e. The second-order valence-corrected chi connectivity index (χ2v) is 9.80. The number of carbonyl (C=O) groups is 2. The summed E-state index contributed by atoms with van der Waals surface area (Å²) in [5, 5.41) is 3.39. The van der Waals surface area contributed by atoms with E-state index in [1.54, 1.807) is 0 Å². The van der Waals surface area contributed by atoms with Gasteiger partial charge < -0.3 is 14.8 Å². The number of ether oxygens (including phenoxy) is 2. The number of rotatable bonds is 7. The highest BCUT2D eigenvalue weighted by Crippen LogP contribution is 2.47. The number of dihydropyridines is 1. The van der Waals surface area contributed by atoms with E-state index in [0.717, 1.165) is 34.7 Å². The minimum atomic E-state index is -0.459. The zero-order valence-corrected chi connectivity index (χ0v) is 20.4. The Morgan fingerprint density at radius 3 is 2.44 bits per heavy atom. The van der Waals surface area contributed by atoms with Crippen LogP contribution in [-0.2, 0) is 20.7 Å². The first-order valence-corrected chi connectivity index (χ1v) is 12.0. The molecule has 1 aliphatic carbocycles. The van der Waals surface area contributed by atoms with Crippen LogP contribution < -0.4 is 10.1 Å². The van der Waals surface area contributed by atoms with Gasteiger partial charge in [-0.1, -0.05) is 56.3 Å². The van der Waals surface area contributed by atoms with Crippen molar-refractivity contribution in [3.8, 4) is 5.75 Å². The third kappa shape index (κ3) is 5.09. The lowest BCUT2D eigenvalue weighted by molar-refractivity contribution is -0.139. The summed E-state index contributed by atoms with van der Waals surface area (Å²) in [6.07, 6.45) is 1.85. The highest BCUT2D eigenvalue weighted by molar-refractivity contribution is 6.04. The molecule has 0 spiro atoms. The quantitative estimate of drug-likeness (QED) is 0.556. The molecule has 0 saturated carbocycles. The Labute approximate surface area is 201 Å². The summed E-state index contributed by atoms with van der Waals surface area (Å²) in [6, 6.07) is 17.6. The lowest BCUT2D eigenvalue weighted by Gasteiger charge is -2.39. The molecule has 0 unspecified atom stereocenters. The standard InChI is InChI=1S/C29H33NO4/c1-5-33-22-13-11-21(12-14-22)26-25(28(32)34-16-15-20-9-7-6-8-10-20)19(2)30-23-17-29(3,4)18-24(31)27(23)26/h6-14,26,30H,5,15-18H2,1-4H3/t26-/m1/s1. The number of nitrogens with one attached hydrogen (secondary N) is 1. The number of hydrogen-bond donors (Lipinski definition) is 1. The second kappa shape index (κ2) is 9.88. The molecule has 1 aliphatic heterocycles. The first kappa shape index (κ1) is 23.8. The molecule has 0 aromatic heterocycles. The minimum absolute atomic E-state index is 0.0831. The van der Waals surface area contributed by atoms with Crippen LogP contribution in [0.3, 0.4) is 0 Å². The number of Topliss-reactive ketones (excluding diaryl/α,β-unsaturated/α-hetero) is 1. The maximum Gasteiger partial charge on any atom is 0.336 e. The van der Waals surface area contributed by atoms with Crippen molar-refractivity contribution in [3.05, 3.63) is 88.3 Å². The van der Waals surface area contributed by atoms with Crippen molar-refractivity contribution in [1.29, 1.82) is 0 Å². The first-order chi connectivity index (χ1) is 16.3. The molecule has 0 saturated heterocycles. The molecular formula is C29H33NO4. The van der Waals surface area contributed by atoms with Crippen LogP contribution in [0.25, 0.3) is 0 Å². The van der Waals surface area contributed by atoms with Gasteiger partial charge in [-0.15, -0.1) is 0 Å². The van der Waals surface area contributed by atoms with Gasteiger partial charge in [0, 0.05) is 35.7 Å². The minimum Gasteiger partial charge on any atom is -0.494 e. The second-order valence-electron chi connectivity index (χ2n) is 9.80. The number of carbonyl (C=O) groups excluding carboxylic acids is 2. The van der Waals surface area contributed by atoms with Crippen molar-refractivity contribution in [2.75, 3.05) is 13.2 Å². The predicted molar refractivity (Wildman–Crippen MR) is 132 cm³/mol. The van der Waals surface area contributed by atoms with Crippen LogP contribution in [0.2, 0.25) is 0 Å². The van der Waals surface area contributed by atoms with Gasteiger partial charge in [0.15, 0.2) is 5.78 Å². The molecule has 1 atom stereocenters. The van der Waals surface area contributed by atoms with E-state index >= 15 is 0 Å². The van der Waals surface area contributed by atoms with E-state index in [0.29, 0.717) is 30.6 Å². The molecule has 1 heterocycles. The van der Waals surface area contributed by atoms with Gasteiger partial charge in [0.2, 0.25) is 0 Å². The molecule has 0 amide bonds. The number of hydrogen-bond acceptors (Lipinski definition) is 5. The largest absolute Gasteiger partial charge is 0.494 e. The molecule has 1 N–H and O–H groups in total. The average Bonchev–Trinajstić information content (AvgIpc) is 2.78. The van der Waals surface area contributed by atoms with Crippen molar-refractivity contribution in [2.45, 2.75) is 52.9 Å². The molecule has 0 fully saturated rings. The Kier molecular flexibility index (Phi) is 6.92. The van der Waals surface area contributed by atoms with Crippen molar-refractivity contribution in [3.63, 3.8) is 0 Å². The van der Waals surface area contributed by atoms with E-state index < -0.39 is 5.92 Å². The number of allylic oxidation sites excluding steroid dienone is 3. The Balaban J connectivity index is 1.66. The highest BCUT2D eigenvalue weighted by atomic mass is 16.5. The third-order valence-corrected chi connectivity index (χ3v) is 6.45. The average molecular weight is 460 g/mol. The van der Waals surface area contributed by atoms with E-state index in [4.69, 9.17) is 9.47 Å². The lowest BCUT2D eigenvalue weighted by Crippen LogP contribution is -2.38. The van der Waals surface area contributed by atoms with Crippen molar-refractivity contribution in [2.24, 2.45) is 5.41 Å². The molecule has 4 rings (SSSR count). The molecule has 178 valence electrons. The van der Waals surface area contributed by atoms with Crippen molar-refractivity contribution >= 4 is 11.8 Å². The van der Waals surface area contributed by atoms with E-state index in [1.165, 1.54) is 0 Å². The van der Waals surface area contributed by atoms with Gasteiger partial charge >= 0.3 is 5.97 Å². The van der Waals surface area contributed by atoms with Crippen LogP contribution in [0, 0.1) is 5.41 Å². The Bertz CT molecular complexity index is 1130. The topological polar surface area (TPSA) is 64.6 Å². The van der Waals surface area contributed by atoms with E-state index in [-0.39, 0.29) is 23.8 Å². The number of benzene rings is 2. The maximum absolute atomic E-state index is 13.4. The summed E-state index contributed by atoms with van der Waals surface area (Å²) in [5.74, 6) is 0.00153. The lowest BCUT2D eigenvalue weighted by atomic mass is 9.68. The Morgan fingerprint density at radius 1 is 1.06 bits per heavy atom. The van der Waals surface area contributed by atoms with Crippen molar-refractivity contribution in [1.82, 2.24) is 5.32 Å². The van der Waals surface area contributed by atoms with Gasteiger partial charge in [-0.05, 0) is 48.9 Å². The summed E-state index contributed by atoms with van der Waals surface area (Å²) >= 11 is 0. The molecule has 0 radical (unpaired) electrons. The van der Waals surface area contributed by atoms with Crippen LogP contribution in [0.1, 0.15) is 57.6 Å². The van der Waals surface area contributed by atoms with Gasteiger partial charge in [-0.25, -0.2) is 4.79 Å². The summed E-state index contributed by atoms with van der Waals surface area (Å²) in [6.45, 7) is 8.90. The SMILES string of the molecule is CCOc1ccc([C@@H]2C(C(=O)OCCc3ccccc3)=C(C)NC3=C2C(=O)CC(C)(C)C3)cc1. The Hall–Kier alpha value is -3.34. The van der Waals surface area contributed by atoms with Crippen LogP contribution in [0.5, 0.6) is 5.75 Å². The molecular weight excluding hydrogens is 426 g/mol. The van der Waals surface area contributed by atoms with Gasteiger partial charge in [-0.2, -0.15) is 0 Å². The molecule has 5 nitrogen and oxygen atoms in total. The fourth-order valence-electron chi connectivity index (χ4n) is 4.95. The molecule has 0 bridgehead atoms. The van der Waals surface area contributed by atoms with Gasteiger partial charge in [0.05, 0.1) is 18.8 Å². The fourth-order valence-corrected chi connectivity index (χ4v) is 4.95. The highest BCUT2D eigenvalue weighted by Gasteiger charge is 2.43. The van der Waals surface area contributed by atoms with E-state index in [1.807, 2.05) is 68.4 Å². The molecule has 2 aromatic carbocycles. The Morgan fingerprint density at radius 2 is 1.76 bits per heavy atom. The zero-order chi connectivity index (χ0) is 24.3. The van der Waals surface area contributed by atoms with Crippen LogP contribution in [-0.4, -0.2) is 25.0 Å². The first-order valence-electron chi connectivity index (χ1n) is 12.0. The van der Waals surface area contributed by atoms with Gasteiger partial charge in [0.25, 0.3) is 0 Å². The predicted octanol–water partition coefficient (Wildman–Crippen LogP) is 5.48. The molecule has 5 heteroatoms. The summed E-state index contributed by atoms with van der Waals surface area (Å²) < 4.78 is 11.3. The maximum atomic E-state index is 13.4. The summed E-state index contributed by atoms with van der Waals surface area (Å²) in [7, 11) is 0. The number of ketones is 1. The third-order valence-electron chi connectivity index (χ3n) is 6.45. The van der Waals surface area contributed by atoms with Crippen LogP contribution in [0.15, 0.2) is 77.1 Å². The van der Waals surface area contributed by atoms with E-state index in [9.17, 15) is 9.59 Å². The monoisotopic (exact) mass is 459 g/mol. The fraction of sp³-hybridized carbons (Fsp3) is 0.379. The normalized spacial score (nSPS) is 19.4. The van der Waals surface area contributed by atoms with Crippen molar-refractivity contribution < 1.29 is 19.1 Å². The summed E-state index contributed by atoms with van der Waals surface area (Å²) in [5.41, 5.74) is 4.72. The van der Waals surface area contributed by atoms with E-state index in [2.05, 4.69) is 19.2 Å². The number of esters is 1. The summed E-state index contributed by atoms with van der Waals surface area (Å²) in [4.78, 5) is 26.8. The van der Waals surface area contributed by atoms with Gasteiger partial charge in [-0.3, -0.25) is 4.79 Å².